The van der Waals surface area contributed by atoms with Gasteiger partial charge in [-0.15, -0.1) is 0 Å². The van der Waals surface area contributed by atoms with Crippen LogP contribution in [0.5, 0.6) is 0 Å². The molecule has 1 aliphatic rings. The minimum atomic E-state index is -0.283. The van der Waals surface area contributed by atoms with E-state index < -0.39 is 0 Å². The van der Waals surface area contributed by atoms with Gasteiger partial charge < -0.3 is 5.32 Å². The van der Waals surface area contributed by atoms with E-state index in [1.165, 1.54) is 5.01 Å². The number of benzene rings is 3. The molecule has 0 radical (unpaired) electrons. The molecule has 128 valence electrons. The van der Waals surface area contributed by atoms with Crippen molar-refractivity contribution in [3.63, 3.8) is 0 Å². The molecule has 0 aliphatic carbocycles. The number of hydrazone groups is 1. The summed E-state index contributed by atoms with van der Waals surface area (Å²) >= 11 is 0. The van der Waals surface area contributed by atoms with Crippen molar-refractivity contribution in [1.29, 1.82) is 0 Å². The quantitative estimate of drug-likeness (QED) is 0.782. The van der Waals surface area contributed by atoms with Crippen LogP contribution in [0, 0.1) is 0 Å². The van der Waals surface area contributed by atoms with E-state index in [1.807, 2.05) is 60.7 Å². The van der Waals surface area contributed by atoms with E-state index in [4.69, 9.17) is 0 Å². The molecule has 3 aromatic carbocycles. The fourth-order valence-electron chi connectivity index (χ4n) is 3.02. The molecule has 0 atom stereocenters. The molecule has 1 aliphatic heterocycles. The van der Waals surface area contributed by atoms with Crippen molar-refractivity contribution in [3.05, 3.63) is 72.8 Å². The van der Waals surface area contributed by atoms with Gasteiger partial charge in [-0.05, 0) is 23.6 Å². The zero-order chi connectivity index (χ0) is 17.9. The molecule has 0 saturated heterocycles. The smallest absolute Gasteiger partial charge is 0.271 e. The second-order valence-electron chi connectivity index (χ2n) is 6.07. The summed E-state index contributed by atoms with van der Waals surface area (Å²) in [6.07, 6.45) is 0.593. The Bertz CT molecular complexity index is 1010. The van der Waals surface area contributed by atoms with Crippen LogP contribution < -0.4 is 10.3 Å². The van der Waals surface area contributed by atoms with Crippen LogP contribution in [0.1, 0.15) is 12.8 Å². The minimum Gasteiger partial charge on any atom is -0.320 e. The number of para-hydroxylation sites is 1. The van der Waals surface area contributed by atoms with Gasteiger partial charge in [0.15, 0.2) is 0 Å². The van der Waals surface area contributed by atoms with Crippen LogP contribution in [0.2, 0.25) is 0 Å². The number of nitrogens with one attached hydrogen (secondary N) is 1. The van der Waals surface area contributed by atoms with E-state index in [2.05, 4.69) is 10.4 Å². The lowest BCUT2D eigenvalue weighted by Gasteiger charge is -2.23. The van der Waals surface area contributed by atoms with Crippen molar-refractivity contribution in [2.75, 3.05) is 10.3 Å². The number of hydrogen-bond donors (Lipinski definition) is 1. The first-order chi connectivity index (χ1) is 12.7. The molecular weight excluding hydrogens is 326 g/mol. The van der Waals surface area contributed by atoms with Crippen LogP contribution in [-0.4, -0.2) is 17.5 Å². The summed E-state index contributed by atoms with van der Waals surface area (Å²) in [7, 11) is 0. The van der Waals surface area contributed by atoms with Gasteiger partial charge in [-0.3, -0.25) is 9.59 Å². The van der Waals surface area contributed by atoms with Gasteiger partial charge in [0.1, 0.15) is 5.71 Å². The highest BCUT2D eigenvalue weighted by atomic mass is 16.2. The third kappa shape index (κ3) is 3.07. The maximum Gasteiger partial charge on any atom is 0.271 e. The van der Waals surface area contributed by atoms with Gasteiger partial charge in [0.2, 0.25) is 5.91 Å². The highest BCUT2D eigenvalue weighted by molar-refractivity contribution is 6.44. The first kappa shape index (κ1) is 16.0. The monoisotopic (exact) mass is 343 g/mol. The molecule has 3 aromatic rings. The number of anilines is 2. The van der Waals surface area contributed by atoms with E-state index in [0.29, 0.717) is 17.8 Å². The number of rotatable bonds is 3. The first-order valence-electron chi connectivity index (χ1n) is 8.47. The minimum absolute atomic E-state index is 0.113. The summed E-state index contributed by atoms with van der Waals surface area (Å²) in [4.78, 5) is 24.9. The summed E-state index contributed by atoms with van der Waals surface area (Å²) in [6.45, 7) is 0. The van der Waals surface area contributed by atoms with E-state index >= 15 is 0 Å². The number of nitrogens with zero attached hydrogens (tertiary/aromatic N) is 2. The second-order valence-corrected chi connectivity index (χ2v) is 6.07. The average molecular weight is 343 g/mol. The summed E-state index contributed by atoms with van der Waals surface area (Å²) in [5, 5.41) is 10.6. The maximum atomic E-state index is 12.7. The number of carbonyl (C=O) groups excluding carboxylic acids is 2. The lowest BCUT2D eigenvalue weighted by molar-refractivity contribution is -0.118. The third-order valence-electron chi connectivity index (χ3n) is 4.33. The summed E-state index contributed by atoms with van der Waals surface area (Å²) in [6, 6.07) is 22.8. The molecule has 0 spiro atoms. The Labute approximate surface area is 150 Å². The summed E-state index contributed by atoms with van der Waals surface area (Å²) < 4.78 is 0. The molecule has 1 N–H and O–H groups in total. The van der Waals surface area contributed by atoms with Crippen LogP contribution in [0.3, 0.4) is 0 Å². The van der Waals surface area contributed by atoms with Gasteiger partial charge in [-0.25, -0.2) is 5.01 Å². The van der Waals surface area contributed by atoms with Gasteiger partial charge in [0, 0.05) is 23.9 Å². The molecule has 1 heterocycles. The Morgan fingerprint density at radius 2 is 1.62 bits per heavy atom. The number of amides is 2. The predicted molar refractivity (Wildman–Crippen MR) is 103 cm³/mol. The maximum absolute atomic E-state index is 12.7. The van der Waals surface area contributed by atoms with Crippen molar-refractivity contribution >= 4 is 39.7 Å². The molecule has 5 heteroatoms. The normalized spacial score (nSPS) is 14.2. The zero-order valence-electron chi connectivity index (χ0n) is 14.1. The molecule has 26 heavy (non-hydrogen) atoms. The van der Waals surface area contributed by atoms with E-state index in [1.54, 1.807) is 12.1 Å². The summed E-state index contributed by atoms with van der Waals surface area (Å²) in [5.74, 6) is -0.396. The third-order valence-corrected chi connectivity index (χ3v) is 4.33. The van der Waals surface area contributed by atoms with E-state index in [0.717, 1.165) is 16.5 Å². The zero-order valence-corrected chi connectivity index (χ0v) is 14.1. The molecule has 5 nitrogen and oxygen atoms in total. The standard InChI is InChI=1S/C21H17N3O2/c25-20-14-13-19(23-24(20)16-9-2-1-3-10-16)21(26)22-18-12-6-8-15-7-4-5-11-17(15)18/h1-12H,13-14H2,(H,22,26). The number of carbonyl (C=O) groups is 2. The Hall–Kier alpha value is -3.47. The van der Waals surface area contributed by atoms with Gasteiger partial charge >= 0.3 is 0 Å². The molecular formula is C21H17N3O2. The van der Waals surface area contributed by atoms with E-state index in [-0.39, 0.29) is 18.2 Å². The Kier molecular flexibility index (Phi) is 4.19. The van der Waals surface area contributed by atoms with Crippen molar-refractivity contribution < 1.29 is 9.59 Å². The van der Waals surface area contributed by atoms with Gasteiger partial charge in [-0.2, -0.15) is 5.10 Å². The highest BCUT2D eigenvalue weighted by Crippen LogP contribution is 2.24. The fourth-order valence-corrected chi connectivity index (χ4v) is 3.02. The van der Waals surface area contributed by atoms with Crippen LogP contribution in [0.4, 0.5) is 11.4 Å². The lowest BCUT2D eigenvalue weighted by Crippen LogP contribution is -2.36. The van der Waals surface area contributed by atoms with Crippen LogP contribution in [0.25, 0.3) is 10.8 Å². The molecule has 4 rings (SSSR count). The number of hydrogen-bond acceptors (Lipinski definition) is 3. The predicted octanol–water partition coefficient (Wildman–Crippen LogP) is 3.96. The van der Waals surface area contributed by atoms with Crippen LogP contribution >= 0.6 is 0 Å². The Balaban J connectivity index is 1.62. The van der Waals surface area contributed by atoms with Crippen molar-refractivity contribution in [3.8, 4) is 0 Å². The second kappa shape index (κ2) is 6.80. The highest BCUT2D eigenvalue weighted by Gasteiger charge is 2.25. The van der Waals surface area contributed by atoms with Crippen molar-refractivity contribution in [2.45, 2.75) is 12.8 Å². The molecule has 0 saturated carbocycles. The van der Waals surface area contributed by atoms with Crippen molar-refractivity contribution in [2.24, 2.45) is 5.10 Å². The molecule has 0 unspecified atom stereocenters. The van der Waals surface area contributed by atoms with Crippen molar-refractivity contribution in [1.82, 2.24) is 0 Å². The summed E-state index contributed by atoms with van der Waals surface area (Å²) in [5.41, 5.74) is 1.74. The molecule has 0 bridgehead atoms. The largest absolute Gasteiger partial charge is 0.320 e. The Morgan fingerprint density at radius 3 is 2.46 bits per heavy atom. The van der Waals surface area contributed by atoms with Crippen LogP contribution in [0.15, 0.2) is 77.9 Å². The van der Waals surface area contributed by atoms with Gasteiger partial charge in [-0.1, -0.05) is 54.6 Å². The molecule has 0 aromatic heterocycles. The Morgan fingerprint density at radius 1 is 0.885 bits per heavy atom. The fraction of sp³-hybridized carbons (Fsp3) is 0.0952. The van der Waals surface area contributed by atoms with Gasteiger partial charge in [0.05, 0.1) is 5.69 Å². The topological polar surface area (TPSA) is 61.8 Å². The lowest BCUT2D eigenvalue weighted by atomic mass is 10.1. The molecule has 0 fully saturated rings. The van der Waals surface area contributed by atoms with Crippen LogP contribution in [-0.2, 0) is 9.59 Å². The molecule has 2 amide bonds. The van der Waals surface area contributed by atoms with E-state index in [9.17, 15) is 9.59 Å². The first-order valence-corrected chi connectivity index (χ1v) is 8.47. The SMILES string of the molecule is O=C(Nc1cccc2ccccc12)C1=NN(c2ccccc2)C(=O)CC1. The van der Waals surface area contributed by atoms with Gasteiger partial charge in [0.25, 0.3) is 5.91 Å². The number of fused-ring (bicyclic) bond motifs is 1. The average Bonchev–Trinajstić information content (AvgIpc) is 2.69.